The zero-order valence-electron chi connectivity index (χ0n) is 11.6. The first-order valence-corrected chi connectivity index (χ1v) is 8.15. The molecule has 0 spiro atoms. The molecule has 1 atom stereocenters. The van der Waals surface area contributed by atoms with Crippen molar-refractivity contribution in [2.24, 2.45) is 0 Å². The Bertz CT molecular complexity index is 579. The minimum Gasteiger partial charge on any atom is -0.768 e. The second kappa shape index (κ2) is 7.53. The third-order valence-electron chi connectivity index (χ3n) is 3.64. The standard InChI is InChI=1S/C10H8O2S.C6H13N/c11-13(12)10-6-5-8-3-1-2-4-9(8)7-10;7-6-4-2-1-3-5-6/h1-7H,(H,11,12);6H,1-5,7H2. The molecule has 2 aromatic carbocycles. The largest absolute Gasteiger partial charge is 0.768 e. The van der Waals surface area contributed by atoms with Crippen molar-refractivity contribution in [3.63, 3.8) is 0 Å². The van der Waals surface area contributed by atoms with Gasteiger partial charge in [0.2, 0.25) is 0 Å². The molecule has 3 N–H and O–H groups in total. The van der Waals surface area contributed by atoms with Crippen LogP contribution in [0.5, 0.6) is 0 Å². The molecule has 1 saturated carbocycles. The van der Waals surface area contributed by atoms with Gasteiger partial charge in [-0.1, -0.05) is 36.8 Å². The Hall–Kier alpha value is -1.23. The lowest BCUT2D eigenvalue weighted by molar-refractivity contribution is -0.425. The van der Waals surface area contributed by atoms with Crippen LogP contribution in [0.4, 0.5) is 0 Å². The van der Waals surface area contributed by atoms with Crippen LogP contribution in [0.3, 0.4) is 0 Å². The average molecular weight is 291 g/mol. The molecular weight excluding hydrogens is 270 g/mol. The third-order valence-corrected chi connectivity index (χ3v) is 4.28. The summed E-state index contributed by atoms with van der Waals surface area (Å²) in [6.07, 6.45) is 7.05. The molecule has 108 valence electrons. The molecule has 2 aromatic rings. The van der Waals surface area contributed by atoms with Crippen LogP contribution in [0.1, 0.15) is 32.1 Å². The molecule has 0 saturated heterocycles. The summed E-state index contributed by atoms with van der Waals surface area (Å²) in [6, 6.07) is 13.5. The molecule has 3 rings (SSSR count). The summed E-state index contributed by atoms with van der Waals surface area (Å²) in [4.78, 5) is 0.332. The fourth-order valence-electron chi connectivity index (χ4n) is 2.46. The summed E-state index contributed by atoms with van der Waals surface area (Å²) in [5.41, 5.74) is 4.00. The Morgan fingerprint density at radius 1 is 1.00 bits per heavy atom. The summed E-state index contributed by atoms with van der Waals surface area (Å²) in [6.45, 7) is 0. The number of rotatable bonds is 1. The highest BCUT2D eigenvalue weighted by Gasteiger charge is 2.09. The zero-order chi connectivity index (χ0) is 14.4. The van der Waals surface area contributed by atoms with E-state index in [0.717, 1.165) is 16.8 Å². The number of hydrogen-bond donors (Lipinski definition) is 1. The molecule has 1 unspecified atom stereocenters. The highest BCUT2D eigenvalue weighted by Crippen LogP contribution is 2.17. The first-order valence-electron chi connectivity index (χ1n) is 7.08. The highest BCUT2D eigenvalue weighted by atomic mass is 32.2. The quantitative estimate of drug-likeness (QED) is 0.821. The molecule has 0 bridgehead atoms. The van der Waals surface area contributed by atoms with Crippen LogP contribution in [-0.4, -0.2) is 14.8 Å². The van der Waals surface area contributed by atoms with Gasteiger partial charge in [-0.05, 0) is 59.7 Å². The van der Waals surface area contributed by atoms with E-state index in [1.807, 2.05) is 24.3 Å². The summed E-state index contributed by atoms with van der Waals surface area (Å²) in [5, 5.41) is 2.00. The van der Waals surface area contributed by atoms with E-state index < -0.39 is 11.1 Å². The van der Waals surface area contributed by atoms with Crippen molar-refractivity contribution in [1.29, 1.82) is 0 Å². The van der Waals surface area contributed by atoms with E-state index >= 15 is 0 Å². The van der Waals surface area contributed by atoms with Crippen LogP contribution in [0.25, 0.3) is 10.8 Å². The molecule has 1 aliphatic rings. The van der Waals surface area contributed by atoms with Crippen LogP contribution >= 0.6 is 0 Å². The second-order valence-corrected chi connectivity index (χ2v) is 6.19. The van der Waals surface area contributed by atoms with Crippen LogP contribution in [0.15, 0.2) is 47.4 Å². The first-order chi connectivity index (χ1) is 9.66. The smallest absolute Gasteiger partial charge is 0.0843 e. The van der Waals surface area contributed by atoms with E-state index in [9.17, 15) is 8.76 Å². The van der Waals surface area contributed by atoms with Crippen LogP contribution in [0.2, 0.25) is 0 Å². The maximum Gasteiger partial charge on any atom is 0.0843 e. The van der Waals surface area contributed by atoms with Gasteiger partial charge in [0.05, 0.1) is 6.04 Å². The highest BCUT2D eigenvalue weighted by molar-refractivity contribution is 7.79. The van der Waals surface area contributed by atoms with E-state index in [4.69, 9.17) is 0 Å². The topological polar surface area (TPSA) is 67.8 Å². The maximum absolute atomic E-state index is 10.6. The van der Waals surface area contributed by atoms with Gasteiger partial charge in [0, 0.05) is 4.90 Å². The lowest BCUT2D eigenvalue weighted by Crippen LogP contribution is -2.61. The van der Waals surface area contributed by atoms with Crippen molar-refractivity contribution in [2.45, 2.75) is 43.0 Å². The van der Waals surface area contributed by atoms with E-state index in [-0.39, 0.29) is 0 Å². The second-order valence-electron chi connectivity index (χ2n) is 5.25. The van der Waals surface area contributed by atoms with Gasteiger partial charge >= 0.3 is 0 Å². The van der Waals surface area contributed by atoms with Gasteiger partial charge in [-0.3, -0.25) is 4.21 Å². The molecule has 20 heavy (non-hydrogen) atoms. The monoisotopic (exact) mass is 291 g/mol. The van der Waals surface area contributed by atoms with E-state index in [2.05, 4.69) is 5.73 Å². The number of hydrogen-bond acceptors (Lipinski definition) is 2. The van der Waals surface area contributed by atoms with Crippen molar-refractivity contribution in [1.82, 2.24) is 0 Å². The Balaban J connectivity index is 0.000000178. The van der Waals surface area contributed by atoms with Gasteiger partial charge in [0.1, 0.15) is 0 Å². The van der Waals surface area contributed by atoms with Crippen LogP contribution < -0.4 is 5.73 Å². The molecule has 0 amide bonds. The minimum atomic E-state index is -2.13. The fourth-order valence-corrected chi connectivity index (χ4v) is 2.86. The van der Waals surface area contributed by atoms with E-state index in [1.54, 1.807) is 18.2 Å². The Morgan fingerprint density at radius 2 is 1.65 bits per heavy atom. The summed E-state index contributed by atoms with van der Waals surface area (Å²) in [7, 11) is 0. The molecule has 3 nitrogen and oxygen atoms in total. The summed E-state index contributed by atoms with van der Waals surface area (Å²) >= 11 is -2.13. The molecule has 1 fully saturated rings. The SMILES string of the molecule is O=S([O-])c1ccc2ccccc2c1.[NH3+]C1CCCCC1. The van der Waals surface area contributed by atoms with E-state index in [1.165, 1.54) is 32.1 Å². The lowest BCUT2D eigenvalue weighted by Gasteiger charge is -2.12. The maximum atomic E-state index is 10.6. The summed E-state index contributed by atoms with van der Waals surface area (Å²) < 4.78 is 21.3. The van der Waals surface area contributed by atoms with Crippen molar-refractivity contribution in [3.05, 3.63) is 42.5 Å². The molecule has 0 aliphatic heterocycles. The molecule has 0 heterocycles. The normalized spacial score (nSPS) is 17.3. The van der Waals surface area contributed by atoms with Crippen molar-refractivity contribution < 1.29 is 14.5 Å². The van der Waals surface area contributed by atoms with Crippen molar-refractivity contribution in [2.75, 3.05) is 0 Å². The minimum absolute atomic E-state index is 0.332. The van der Waals surface area contributed by atoms with Gasteiger partial charge in [-0.15, -0.1) is 0 Å². The number of fused-ring (bicyclic) bond motifs is 1. The van der Waals surface area contributed by atoms with Gasteiger partial charge in [-0.25, -0.2) is 0 Å². The average Bonchev–Trinajstić information content (AvgIpc) is 2.48. The van der Waals surface area contributed by atoms with Crippen LogP contribution in [0, 0.1) is 0 Å². The Morgan fingerprint density at radius 3 is 2.20 bits per heavy atom. The summed E-state index contributed by atoms with van der Waals surface area (Å²) in [5.74, 6) is 0. The van der Waals surface area contributed by atoms with Gasteiger partial charge in [0.15, 0.2) is 0 Å². The molecule has 4 heteroatoms. The predicted octanol–water partition coefficient (Wildman–Crippen LogP) is 2.64. The Kier molecular flexibility index (Phi) is 5.71. The lowest BCUT2D eigenvalue weighted by atomic mass is 9.97. The van der Waals surface area contributed by atoms with Crippen molar-refractivity contribution >= 4 is 21.9 Å². The van der Waals surface area contributed by atoms with Gasteiger partial charge < -0.3 is 10.3 Å². The molecule has 0 radical (unpaired) electrons. The van der Waals surface area contributed by atoms with Gasteiger partial charge in [0.25, 0.3) is 0 Å². The van der Waals surface area contributed by atoms with E-state index in [0.29, 0.717) is 4.90 Å². The number of benzene rings is 2. The number of quaternary nitrogens is 1. The van der Waals surface area contributed by atoms with Crippen LogP contribution in [-0.2, 0) is 11.1 Å². The van der Waals surface area contributed by atoms with Crippen molar-refractivity contribution in [3.8, 4) is 0 Å². The zero-order valence-corrected chi connectivity index (χ0v) is 12.4. The van der Waals surface area contributed by atoms with Gasteiger partial charge in [-0.2, -0.15) is 0 Å². The third kappa shape index (κ3) is 4.40. The molecule has 0 aromatic heterocycles. The predicted molar refractivity (Wildman–Crippen MR) is 80.9 cm³/mol. The molecule has 1 aliphatic carbocycles. The molecular formula is C16H21NO2S. The first kappa shape index (κ1) is 15.2. The fraction of sp³-hybridized carbons (Fsp3) is 0.375. The Labute approximate surface area is 122 Å².